The Morgan fingerprint density at radius 3 is 2.88 bits per heavy atom. The molecular formula is C24H26N6O4. The van der Waals surface area contributed by atoms with Gasteiger partial charge in [-0.2, -0.15) is 0 Å². The molecule has 5 heterocycles. The van der Waals surface area contributed by atoms with Gasteiger partial charge in [0.1, 0.15) is 17.6 Å². The maximum absolute atomic E-state index is 12.5. The lowest BCUT2D eigenvalue weighted by Crippen LogP contribution is -2.56. The SMILES string of the molecule is C[C@H](O)c1nccn1Cc1cc(-c2ccncc2C#CC2CN(C(=O)N3CCOCC3)C2)on1. The first-order chi connectivity index (χ1) is 16.6. The van der Waals surface area contributed by atoms with Crippen LogP contribution in [0.25, 0.3) is 11.3 Å². The summed E-state index contributed by atoms with van der Waals surface area (Å²) in [7, 11) is 0. The summed E-state index contributed by atoms with van der Waals surface area (Å²) in [6.45, 7) is 5.85. The second-order valence-electron chi connectivity index (χ2n) is 8.45. The third-order valence-corrected chi connectivity index (χ3v) is 5.94. The zero-order valence-corrected chi connectivity index (χ0v) is 18.9. The molecule has 3 aromatic heterocycles. The van der Waals surface area contributed by atoms with Crippen LogP contribution in [-0.4, -0.2) is 80.0 Å². The monoisotopic (exact) mass is 462 g/mol. The molecule has 0 unspecified atom stereocenters. The van der Waals surface area contributed by atoms with E-state index < -0.39 is 6.10 Å². The number of carbonyl (C=O) groups is 1. The minimum Gasteiger partial charge on any atom is -0.385 e. The van der Waals surface area contributed by atoms with Gasteiger partial charge in [-0.25, -0.2) is 9.78 Å². The molecule has 2 aliphatic heterocycles. The Kier molecular flexibility index (Phi) is 6.29. The van der Waals surface area contributed by atoms with Crippen LogP contribution in [0.15, 0.2) is 41.4 Å². The molecule has 34 heavy (non-hydrogen) atoms. The number of rotatable bonds is 4. The normalized spacial score (nSPS) is 17.1. The fourth-order valence-corrected chi connectivity index (χ4v) is 4.08. The number of aliphatic hydroxyl groups is 1. The maximum Gasteiger partial charge on any atom is 0.320 e. The van der Waals surface area contributed by atoms with Gasteiger partial charge in [0.05, 0.1) is 31.2 Å². The predicted molar refractivity (Wildman–Crippen MR) is 121 cm³/mol. The van der Waals surface area contributed by atoms with E-state index in [1.54, 1.807) is 31.7 Å². The van der Waals surface area contributed by atoms with Crippen molar-refractivity contribution in [2.24, 2.45) is 5.92 Å². The zero-order valence-electron chi connectivity index (χ0n) is 18.9. The molecule has 0 bridgehead atoms. The number of aliphatic hydroxyl groups excluding tert-OH is 1. The number of likely N-dealkylation sites (tertiary alicyclic amines) is 1. The average Bonchev–Trinajstić information content (AvgIpc) is 3.49. The molecule has 2 aliphatic rings. The van der Waals surface area contributed by atoms with E-state index >= 15 is 0 Å². The summed E-state index contributed by atoms with van der Waals surface area (Å²) in [5, 5.41) is 14.0. The van der Waals surface area contributed by atoms with E-state index in [1.165, 1.54) is 0 Å². The second-order valence-corrected chi connectivity index (χ2v) is 8.45. The minimum atomic E-state index is -0.671. The van der Waals surface area contributed by atoms with E-state index in [1.807, 2.05) is 26.5 Å². The largest absolute Gasteiger partial charge is 0.385 e. The first-order valence-corrected chi connectivity index (χ1v) is 11.3. The van der Waals surface area contributed by atoms with E-state index in [0.717, 1.165) is 11.1 Å². The zero-order chi connectivity index (χ0) is 23.5. The summed E-state index contributed by atoms with van der Waals surface area (Å²) in [6, 6.07) is 3.77. The van der Waals surface area contributed by atoms with Crippen LogP contribution in [0.3, 0.4) is 0 Å². The first kappa shape index (κ1) is 22.1. The number of aromatic nitrogens is 4. The van der Waals surface area contributed by atoms with Gasteiger partial charge >= 0.3 is 6.03 Å². The van der Waals surface area contributed by atoms with Crippen molar-refractivity contribution in [3.05, 3.63) is 54.0 Å². The lowest BCUT2D eigenvalue weighted by atomic mass is 10.00. The lowest BCUT2D eigenvalue weighted by molar-refractivity contribution is 0.0335. The van der Waals surface area contributed by atoms with Gasteiger partial charge in [-0.15, -0.1) is 0 Å². The lowest BCUT2D eigenvalue weighted by Gasteiger charge is -2.40. The van der Waals surface area contributed by atoms with Gasteiger partial charge in [-0.3, -0.25) is 4.98 Å². The van der Waals surface area contributed by atoms with E-state index in [-0.39, 0.29) is 11.9 Å². The van der Waals surface area contributed by atoms with Crippen LogP contribution in [0.1, 0.15) is 30.1 Å². The van der Waals surface area contributed by atoms with Crippen LogP contribution in [0.5, 0.6) is 0 Å². The van der Waals surface area contributed by atoms with Crippen molar-refractivity contribution in [3.63, 3.8) is 0 Å². The van der Waals surface area contributed by atoms with Gasteiger partial charge in [0.25, 0.3) is 0 Å². The molecule has 176 valence electrons. The number of pyridine rings is 1. The predicted octanol–water partition coefficient (Wildman–Crippen LogP) is 1.77. The summed E-state index contributed by atoms with van der Waals surface area (Å²) in [4.78, 5) is 24.6. The van der Waals surface area contributed by atoms with Gasteiger partial charge in [0, 0.05) is 62.6 Å². The number of imidazole rings is 1. The number of amides is 2. The summed E-state index contributed by atoms with van der Waals surface area (Å²) < 4.78 is 12.7. The van der Waals surface area contributed by atoms with Gasteiger partial charge in [0.15, 0.2) is 5.76 Å². The third kappa shape index (κ3) is 4.66. The molecule has 0 saturated carbocycles. The molecule has 0 spiro atoms. The molecule has 2 saturated heterocycles. The van der Waals surface area contributed by atoms with Crippen molar-refractivity contribution in [1.82, 2.24) is 29.5 Å². The van der Waals surface area contributed by atoms with Gasteiger partial charge in [-0.05, 0) is 13.0 Å². The van der Waals surface area contributed by atoms with Crippen molar-refractivity contribution in [1.29, 1.82) is 0 Å². The van der Waals surface area contributed by atoms with Gasteiger partial charge in [-0.1, -0.05) is 17.0 Å². The van der Waals surface area contributed by atoms with Gasteiger partial charge < -0.3 is 28.7 Å². The highest BCUT2D eigenvalue weighted by Crippen LogP contribution is 2.25. The van der Waals surface area contributed by atoms with Crippen LogP contribution in [0.2, 0.25) is 0 Å². The minimum absolute atomic E-state index is 0.0641. The fraction of sp³-hybridized carbons (Fsp3) is 0.417. The Labute approximate surface area is 197 Å². The van der Waals surface area contributed by atoms with E-state index in [0.29, 0.717) is 63.2 Å². The Hall–Kier alpha value is -3.68. The summed E-state index contributed by atoms with van der Waals surface area (Å²) >= 11 is 0. The Bertz CT molecular complexity index is 1210. The smallest absolute Gasteiger partial charge is 0.320 e. The van der Waals surface area contributed by atoms with Crippen molar-refractivity contribution in [2.45, 2.75) is 19.6 Å². The number of morpholine rings is 1. The molecule has 1 atom stereocenters. The molecule has 0 radical (unpaired) electrons. The Balaban J connectivity index is 1.24. The summed E-state index contributed by atoms with van der Waals surface area (Å²) in [5.41, 5.74) is 2.26. The van der Waals surface area contributed by atoms with E-state index in [9.17, 15) is 9.90 Å². The topological polar surface area (TPSA) is 110 Å². The number of hydrogen-bond donors (Lipinski definition) is 1. The highest BCUT2D eigenvalue weighted by Gasteiger charge is 2.32. The summed E-state index contributed by atoms with van der Waals surface area (Å²) in [5.74, 6) is 7.77. The number of carbonyl (C=O) groups excluding carboxylic acids is 1. The molecule has 3 aromatic rings. The highest BCUT2D eigenvalue weighted by molar-refractivity contribution is 5.75. The van der Waals surface area contributed by atoms with Crippen molar-refractivity contribution >= 4 is 6.03 Å². The second kappa shape index (κ2) is 9.67. The molecule has 0 aliphatic carbocycles. The molecular weight excluding hydrogens is 436 g/mol. The van der Waals surface area contributed by atoms with Gasteiger partial charge in [0.2, 0.25) is 0 Å². The number of ether oxygens (including phenoxy) is 1. The quantitative estimate of drug-likeness (QED) is 0.589. The molecule has 0 aromatic carbocycles. The van der Waals surface area contributed by atoms with Crippen molar-refractivity contribution in [3.8, 4) is 23.2 Å². The van der Waals surface area contributed by atoms with Crippen LogP contribution in [-0.2, 0) is 11.3 Å². The van der Waals surface area contributed by atoms with Crippen LogP contribution in [0.4, 0.5) is 4.79 Å². The van der Waals surface area contributed by atoms with Crippen molar-refractivity contribution in [2.75, 3.05) is 39.4 Å². The highest BCUT2D eigenvalue weighted by atomic mass is 16.5. The van der Waals surface area contributed by atoms with Crippen molar-refractivity contribution < 1.29 is 19.2 Å². The average molecular weight is 463 g/mol. The number of nitrogens with zero attached hydrogens (tertiary/aromatic N) is 6. The Morgan fingerprint density at radius 1 is 1.26 bits per heavy atom. The van der Waals surface area contributed by atoms with Crippen LogP contribution < -0.4 is 0 Å². The van der Waals surface area contributed by atoms with E-state index in [2.05, 4.69) is 27.0 Å². The van der Waals surface area contributed by atoms with E-state index in [4.69, 9.17) is 9.26 Å². The third-order valence-electron chi connectivity index (χ3n) is 5.94. The number of hydrogen-bond acceptors (Lipinski definition) is 7. The molecule has 10 heteroatoms. The Morgan fingerprint density at radius 2 is 2.09 bits per heavy atom. The van der Waals surface area contributed by atoms with Crippen LogP contribution >= 0.6 is 0 Å². The first-order valence-electron chi connectivity index (χ1n) is 11.3. The standard InChI is InChI=1S/C24H26N6O4/c1-17(31)23-26-6-7-29(23)16-20-12-22(34-27-20)21-4-5-25-13-19(21)3-2-18-14-30(15-18)24(32)28-8-10-33-11-9-28/h4-7,12-13,17-18,31H,8-11,14-16H2,1H3/t17-/m0/s1. The molecule has 2 amide bonds. The molecule has 5 rings (SSSR count). The molecule has 1 N–H and O–H groups in total. The molecule has 10 nitrogen and oxygen atoms in total. The maximum atomic E-state index is 12.5. The van der Waals surface area contributed by atoms with Crippen LogP contribution in [0, 0.1) is 17.8 Å². The molecule has 2 fully saturated rings. The number of urea groups is 1. The summed E-state index contributed by atoms with van der Waals surface area (Å²) in [6.07, 6.45) is 6.17. The fourth-order valence-electron chi connectivity index (χ4n) is 4.08.